The first-order valence-corrected chi connectivity index (χ1v) is 11.1. The van der Waals surface area contributed by atoms with E-state index in [1.807, 2.05) is 48.5 Å². The number of fused-ring (bicyclic) bond motifs is 4. The predicted octanol–water partition coefficient (Wildman–Crippen LogP) is 4.01. The molecule has 6 heteroatoms. The number of carbonyl (C=O) groups excluding carboxylic acids is 2. The number of nitrogens with one attached hydrogen (secondary N) is 2. The van der Waals surface area contributed by atoms with E-state index >= 15 is 0 Å². The van der Waals surface area contributed by atoms with E-state index in [0.29, 0.717) is 5.56 Å². The minimum absolute atomic E-state index is 0.0155. The summed E-state index contributed by atoms with van der Waals surface area (Å²) >= 11 is 1.61. The summed E-state index contributed by atoms with van der Waals surface area (Å²) in [7, 11) is 0. The van der Waals surface area contributed by atoms with Gasteiger partial charge < -0.3 is 15.5 Å². The molecule has 0 aliphatic carbocycles. The molecule has 2 bridgehead atoms. The zero-order valence-corrected chi connectivity index (χ0v) is 17.5. The largest absolute Gasteiger partial charge is 0.348 e. The summed E-state index contributed by atoms with van der Waals surface area (Å²) in [6.45, 7) is 4.82. The summed E-state index contributed by atoms with van der Waals surface area (Å²) in [5, 5.41) is 6.04. The van der Waals surface area contributed by atoms with Crippen LogP contribution in [0.5, 0.6) is 0 Å². The summed E-state index contributed by atoms with van der Waals surface area (Å²) in [5.74, 6) is 0.689. The van der Waals surface area contributed by atoms with Gasteiger partial charge >= 0.3 is 0 Å². The average molecular weight is 410 g/mol. The highest BCUT2D eigenvalue weighted by molar-refractivity contribution is 7.99. The molecule has 3 fully saturated rings. The molecule has 1 unspecified atom stereocenters. The van der Waals surface area contributed by atoms with E-state index in [4.69, 9.17) is 0 Å². The van der Waals surface area contributed by atoms with E-state index in [9.17, 15) is 9.59 Å². The number of amides is 2. The van der Waals surface area contributed by atoms with Gasteiger partial charge in [0.1, 0.15) is 0 Å². The molecule has 0 spiro atoms. The summed E-state index contributed by atoms with van der Waals surface area (Å²) in [5.41, 5.74) is 1.49. The Labute approximate surface area is 176 Å². The third-order valence-electron chi connectivity index (χ3n) is 5.65. The van der Waals surface area contributed by atoms with Crippen molar-refractivity contribution >= 4 is 29.3 Å². The third kappa shape index (κ3) is 5.40. The normalized spacial score (nSPS) is 23.3. The lowest BCUT2D eigenvalue weighted by Gasteiger charge is -2.26. The zero-order chi connectivity index (χ0) is 20.2. The Morgan fingerprint density at radius 1 is 1.03 bits per heavy atom. The summed E-state index contributed by atoms with van der Waals surface area (Å²) in [6.07, 6.45) is 3.63. The molecular formula is C23H27N3O2S. The van der Waals surface area contributed by atoms with Crippen LogP contribution in [0.4, 0.5) is 5.69 Å². The SMILES string of the molecule is CC(=O)Nc1cccc(Sc2ccc(C(=O)NC3CC4CCN(CC4)C3)cc2)c1. The molecular weight excluding hydrogens is 382 g/mol. The first kappa shape index (κ1) is 20.0. The van der Waals surface area contributed by atoms with Crippen molar-refractivity contribution in [2.24, 2.45) is 5.92 Å². The Balaban J connectivity index is 1.36. The van der Waals surface area contributed by atoms with Crippen molar-refractivity contribution < 1.29 is 9.59 Å². The van der Waals surface area contributed by atoms with Gasteiger partial charge in [-0.25, -0.2) is 0 Å². The Kier molecular flexibility index (Phi) is 6.21. The van der Waals surface area contributed by atoms with Gasteiger partial charge in [0.2, 0.25) is 5.91 Å². The van der Waals surface area contributed by atoms with Crippen LogP contribution in [-0.2, 0) is 4.79 Å². The number of nitrogens with zero attached hydrogens (tertiary/aromatic N) is 1. The Morgan fingerprint density at radius 3 is 2.52 bits per heavy atom. The summed E-state index contributed by atoms with van der Waals surface area (Å²) in [4.78, 5) is 28.5. The van der Waals surface area contributed by atoms with Crippen molar-refractivity contribution in [3.05, 3.63) is 54.1 Å². The Bertz CT molecular complexity index is 862. The van der Waals surface area contributed by atoms with Gasteiger partial charge in [0.25, 0.3) is 5.91 Å². The Hall–Kier alpha value is -2.31. The molecule has 5 rings (SSSR count). The van der Waals surface area contributed by atoms with Gasteiger partial charge in [-0.05, 0) is 80.7 Å². The van der Waals surface area contributed by atoms with Gasteiger partial charge in [-0.15, -0.1) is 0 Å². The van der Waals surface area contributed by atoms with E-state index in [1.165, 1.54) is 32.9 Å². The average Bonchev–Trinajstić information content (AvgIpc) is 3.00. The van der Waals surface area contributed by atoms with Crippen LogP contribution in [-0.4, -0.2) is 42.4 Å². The molecule has 0 saturated carbocycles. The van der Waals surface area contributed by atoms with Crippen molar-refractivity contribution in [1.29, 1.82) is 0 Å². The molecule has 2 aromatic carbocycles. The van der Waals surface area contributed by atoms with E-state index in [0.717, 1.165) is 34.4 Å². The van der Waals surface area contributed by atoms with E-state index in [2.05, 4.69) is 15.5 Å². The lowest BCUT2D eigenvalue weighted by molar-refractivity contribution is -0.114. The second-order valence-corrected chi connectivity index (χ2v) is 9.13. The maximum atomic E-state index is 12.7. The van der Waals surface area contributed by atoms with E-state index < -0.39 is 0 Å². The fraction of sp³-hybridized carbons (Fsp3) is 0.391. The van der Waals surface area contributed by atoms with Crippen LogP contribution in [0.3, 0.4) is 0 Å². The minimum atomic E-state index is -0.0824. The molecule has 5 nitrogen and oxygen atoms in total. The van der Waals surface area contributed by atoms with Gasteiger partial charge in [-0.2, -0.15) is 0 Å². The van der Waals surface area contributed by atoms with Crippen LogP contribution in [0.25, 0.3) is 0 Å². The number of carbonyl (C=O) groups is 2. The van der Waals surface area contributed by atoms with Crippen LogP contribution in [0.2, 0.25) is 0 Å². The van der Waals surface area contributed by atoms with Gasteiger partial charge in [0.15, 0.2) is 0 Å². The molecule has 3 aliphatic rings. The van der Waals surface area contributed by atoms with Crippen molar-refractivity contribution in [1.82, 2.24) is 10.2 Å². The van der Waals surface area contributed by atoms with Gasteiger partial charge in [0.05, 0.1) is 0 Å². The quantitative estimate of drug-likeness (QED) is 0.783. The second-order valence-electron chi connectivity index (χ2n) is 7.99. The Morgan fingerprint density at radius 2 is 1.79 bits per heavy atom. The highest BCUT2D eigenvalue weighted by Gasteiger charge is 2.29. The van der Waals surface area contributed by atoms with Crippen LogP contribution < -0.4 is 10.6 Å². The minimum Gasteiger partial charge on any atom is -0.348 e. The maximum Gasteiger partial charge on any atom is 0.251 e. The highest BCUT2D eigenvalue weighted by atomic mass is 32.2. The van der Waals surface area contributed by atoms with Crippen molar-refractivity contribution in [2.45, 2.75) is 42.0 Å². The van der Waals surface area contributed by atoms with E-state index in [1.54, 1.807) is 11.8 Å². The molecule has 2 aromatic rings. The first-order chi connectivity index (χ1) is 14.0. The molecule has 152 valence electrons. The van der Waals surface area contributed by atoms with E-state index in [-0.39, 0.29) is 17.9 Å². The summed E-state index contributed by atoms with van der Waals surface area (Å²) in [6, 6.07) is 15.7. The third-order valence-corrected chi connectivity index (χ3v) is 6.64. The number of benzene rings is 2. The zero-order valence-electron chi connectivity index (χ0n) is 16.7. The standard InChI is InChI=1S/C23H27N3O2S/c1-16(27)24-19-3-2-4-22(14-19)29-21-7-5-18(6-8-21)23(28)25-20-13-17-9-11-26(15-20)12-10-17/h2-8,14,17,20H,9-13,15H2,1H3,(H,24,27)(H,25,28). The number of hydrogen-bond acceptors (Lipinski definition) is 4. The molecule has 2 N–H and O–H groups in total. The molecule has 2 amide bonds. The lowest BCUT2D eigenvalue weighted by atomic mass is 9.94. The van der Waals surface area contributed by atoms with Crippen molar-refractivity contribution in [2.75, 3.05) is 25.0 Å². The summed E-state index contributed by atoms with van der Waals surface area (Å²) < 4.78 is 0. The first-order valence-electron chi connectivity index (χ1n) is 10.2. The number of rotatable bonds is 5. The monoisotopic (exact) mass is 409 g/mol. The van der Waals surface area contributed by atoms with Crippen LogP contribution in [0.1, 0.15) is 36.5 Å². The van der Waals surface area contributed by atoms with Crippen LogP contribution in [0, 0.1) is 5.92 Å². The maximum absolute atomic E-state index is 12.7. The number of hydrogen-bond donors (Lipinski definition) is 2. The smallest absolute Gasteiger partial charge is 0.251 e. The van der Waals surface area contributed by atoms with Gasteiger partial charge in [-0.3, -0.25) is 9.59 Å². The lowest BCUT2D eigenvalue weighted by Crippen LogP contribution is -2.41. The molecule has 29 heavy (non-hydrogen) atoms. The van der Waals surface area contributed by atoms with Gasteiger partial charge in [-0.1, -0.05) is 17.8 Å². The molecule has 3 aliphatic heterocycles. The van der Waals surface area contributed by atoms with Crippen LogP contribution in [0.15, 0.2) is 58.3 Å². The fourth-order valence-electron chi connectivity index (χ4n) is 4.22. The van der Waals surface area contributed by atoms with Gasteiger partial charge in [0, 0.05) is 40.6 Å². The van der Waals surface area contributed by atoms with Crippen LogP contribution >= 0.6 is 11.8 Å². The predicted molar refractivity (Wildman–Crippen MR) is 116 cm³/mol. The molecule has 3 saturated heterocycles. The highest BCUT2D eigenvalue weighted by Crippen LogP contribution is 2.30. The van der Waals surface area contributed by atoms with Crippen molar-refractivity contribution in [3.8, 4) is 0 Å². The molecule has 0 aromatic heterocycles. The fourth-order valence-corrected chi connectivity index (χ4v) is 5.09. The topological polar surface area (TPSA) is 61.4 Å². The molecule has 3 heterocycles. The van der Waals surface area contributed by atoms with Crippen molar-refractivity contribution in [3.63, 3.8) is 0 Å². The second kappa shape index (κ2) is 9.01. The number of piperidine rings is 1. The molecule has 1 atom stereocenters. The number of anilines is 1. The molecule has 0 radical (unpaired) electrons.